The zero-order valence-electron chi connectivity index (χ0n) is 11.4. The summed E-state index contributed by atoms with van der Waals surface area (Å²) in [5.74, 6) is 1.52. The molecule has 20 heavy (non-hydrogen) atoms. The molecule has 0 saturated heterocycles. The fourth-order valence-corrected chi connectivity index (χ4v) is 2.30. The zero-order chi connectivity index (χ0) is 14.7. The molecule has 0 fully saturated rings. The van der Waals surface area contributed by atoms with Crippen molar-refractivity contribution in [1.82, 2.24) is 9.55 Å². The maximum atomic E-state index is 12.7. The predicted molar refractivity (Wildman–Crippen MR) is 75.9 cm³/mol. The number of hydrogen-bond donors (Lipinski definition) is 0. The van der Waals surface area contributed by atoms with Crippen LogP contribution >= 0.6 is 11.6 Å². The van der Waals surface area contributed by atoms with E-state index in [2.05, 4.69) is 4.98 Å². The lowest BCUT2D eigenvalue weighted by Gasteiger charge is -2.10. The fourth-order valence-electron chi connectivity index (χ4n) is 2.14. The Morgan fingerprint density at radius 2 is 2.10 bits per heavy atom. The summed E-state index contributed by atoms with van der Waals surface area (Å²) in [4.78, 5) is 4.43. The predicted octanol–water partition coefficient (Wildman–Crippen LogP) is 3.87. The van der Waals surface area contributed by atoms with E-state index in [1.54, 1.807) is 18.2 Å². The van der Waals surface area contributed by atoms with E-state index in [1.807, 2.05) is 13.8 Å². The van der Waals surface area contributed by atoms with Crippen LogP contribution in [0.3, 0.4) is 0 Å². The van der Waals surface area contributed by atoms with Crippen molar-refractivity contribution in [2.45, 2.75) is 39.3 Å². The summed E-state index contributed by atoms with van der Waals surface area (Å²) in [7, 11) is 0. The number of halogens is 3. The number of aromatic nitrogens is 2. The molecule has 0 amide bonds. The fraction of sp³-hybridized carbons (Fsp3) is 0.500. The van der Waals surface area contributed by atoms with E-state index in [0.29, 0.717) is 34.9 Å². The van der Waals surface area contributed by atoms with Crippen LogP contribution in [0.15, 0.2) is 18.2 Å². The molecule has 3 nitrogen and oxygen atoms in total. The van der Waals surface area contributed by atoms with Crippen molar-refractivity contribution >= 4 is 22.6 Å². The van der Waals surface area contributed by atoms with E-state index in [-0.39, 0.29) is 12.6 Å². The summed E-state index contributed by atoms with van der Waals surface area (Å²) in [6.07, 6.45) is -1.99. The topological polar surface area (TPSA) is 27.1 Å². The van der Waals surface area contributed by atoms with Crippen LogP contribution in [0.5, 0.6) is 5.75 Å². The van der Waals surface area contributed by atoms with E-state index in [1.165, 1.54) is 4.57 Å². The number of para-hydroxylation sites is 1. The van der Waals surface area contributed by atoms with Gasteiger partial charge in [0.1, 0.15) is 17.1 Å². The lowest BCUT2D eigenvalue weighted by atomic mass is 10.3. The van der Waals surface area contributed by atoms with Crippen LogP contribution in [0.4, 0.5) is 8.78 Å². The number of benzene rings is 1. The van der Waals surface area contributed by atoms with Crippen LogP contribution in [0.1, 0.15) is 19.7 Å². The molecule has 0 aliphatic rings. The standard InChI is InChI=1S/C14H17ClF2N2O/c1-9(2)20-11-5-3-4-10-14(11)18-13(6-7-15)19(10)8-12(16)17/h3-5,9,12H,6-8H2,1-2H3. The first kappa shape index (κ1) is 15.0. The molecule has 2 rings (SSSR count). The Kier molecular flexibility index (Phi) is 4.81. The quantitative estimate of drug-likeness (QED) is 0.757. The number of rotatable bonds is 6. The molecule has 0 radical (unpaired) electrons. The third kappa shape index (κ3) is 3.20. The Bertz CT molecular complexity index is 584. The van der Waals surface area contributed by atoms with E-state index >= 15 is 0 Å². The molecule has 1 aromatic carbocycles. The second-order valence-electron chi connectivity index (χ2n) is 4.76. The maximum absolute atomic E-state index is 12.7. The van der Waals surface area contributed by atoms with Crippen LogP contribution in [0.25, 0.3) is 11.0 Å². The molecule has 6 heteroatoms. The highest BCUT2D eigenvalue weighted by Gasteiger charge is 2.17. The Morgan fingerprint density at radius 3 is 2.70 bits per heavy atom. The van der Waals surface area contributed by atoms with Gasteiger partial charge in [-0.05, 0) is 26.0 Å². The van der Waals surface area contributed by atoms with Gasteiger partial charge in [-0.2, -0.15) is 0 Å². The molecule has 0 atom stereocenters. The third-order valence-corrected chi connectivity index (χ3v) is 3.01. The Labute approximate surface area is 121 Å². The van der Waals surface area contributed by atoms with Gasteiger partial charge >= 0.3 is 0 Å². The van der Waals surface area contributed by atoms with Crippen molar-refractivity contribution in [2.75, 3.05) is 5.88 Å². The largest absolute Gasteiger partial charge is 0.489 e. The summed E-state index contributed by atoms with van der Waals surface area (Å²) in [5, 5.41) is 0. The molecule has 0 saturated carbocycles. The molecule has 110 valence electrons. The second-order valence-corrected chi connectivity index (χ2v) is 5.14. The van der Waals surface area contributed by atoms with Gasteiger partial charge in [0.2, 0.25) is 0 Å². The molecule has 2 aromatic rings. The van der Waals surface area contributed by atoms with E-state index in [0.717, 1.165) is 0 Å². The maximum Gasteiger partial charge on any atom is 0.256 e. The summed E-state index contributed by atoms with van der Waals surface area (Å²) in [6, 6.07) is 5.36. The van der Waals surface area contributed by atoms with Crippen molar-refractivity contribution in [3.8, 4) is 5.75 Å². The lowest BCUT2D eigenvalue weighted by Crippen LogP contribution is -2.10. The lowest BCUT2D eigenvalue weighted by molar-refractivity contribution is 0.127. The number of ether oxygens (including phenoxy) is 1. The van der Waals surface area contributed by atoms with Crippen molar-refractivity contribution in [3.63, 3.8) is 0 Å². The van der Waals surface area contributed by atoms with Crippen LogP contribution in [0.2, 0.25) is 0 Å². The first-order valence-electron chi connectivity index (χ1n) is 6.51. The van der Waals surface area contributed by atoms with E-state index in [4.69, 9.17) is 16.3 Å². The van der Waals surface area contributed by atoms with Gasteiger partial charge in [0, 0.05) is 12.3 Å². The highest BCUT2D eigenvalue weighted by Crippen LogP contribution is 2.27. The van der Waals surface area contributed by atoms with Crippen LogP contribution in [-0.4, -0.2) is 28.0 Å². The Balaban J connectivity index is 2.54. The summed E-state index contributed by atoms with van der Waals surface area (Å²) in [6.45, 7) is 3.44. The number of aryl methyl sites for hydroxylation is 1. The third-order valence-electron chi connectivity index (χ3n) is 2.82. The molecule has 0 aliphatic heterocycles. The molecule has 0 aliphatic carbocycles. The normalized spacial score (nSPS) is 11.8. The summed E-state index contributed by atoms with van der Waals surface area (Å²) >= 11 is 5.72. The van der Waals surface area contributed by atoms with Gasteiger partial charge in [-0.1, -0.05) is 6.07 Å². The minimum atomic E-state index is -2.43. The van der Waals surface area contributed by atoms with E-state index < -0.39 is 6.43 Å². The van der Waals surface area contributed by atoms with Gasteiger partial charge in [0.15, 0.2) is 0 Å². The molecular weight excluding hydrogens is 286 g/mol. The van der Waals surface area contributed by atoms with Gasteiger partial charge < -0.3 is 9.30 Å². The average molecular weight is 303 g/mol. The molecule has 0 unspecified atom stereocenters. The minimum Gasteiger partial charge on any atom is -0.489 e. The Morgan fingerprint density at radius 1 is 1.35 bits per heavy atom. The number of imidazole rings is 1. The number of alkyl halides is 3. The summed E-state index contributed by atoms with van der Waals surface area (Å²) < 4.78 is 32.7. The SMILES string of the molecule is CC(C)Oc1cccc2c1nc(CCCl)n2CC(F)F. The van der Waals surface area contributed by atoms with Crippen molar-refractivity contribution in [2.24, 2.45) is 0 Å². The number of hydrogen-bond acceptors (Lipinski definition) is 2. The van der Waals surface area contributed by atoms with Gasteiger partial charge in [0.25, 0.3) is 6.43 Å². The van der Waals surface area contributed by atoms with Gasteiger partial charge in [-0.3, -0.25) is 0 Å². The molecule has 0 spiro atoms. The van der Waals surface area contributed by atoms with Gasteiger partial charge in [-0.25, -0.2) is 13.8 Å². The highest BCUT2D eigenvalue weighted by atomic mass is 35.5. The molecule has 1 aromatic heterocycles. The first-order chi connectivity index (χ1) is 9.52. The van der Waals surface area contributed by atoms with Gasteiger partial charge in [-0.15, -0.1) is 11.6 Å². The monoisotopic (exact) mass is 302 g/mol. The van der Waals surface area contributed by atoms with Crippen molar-refractivity contribution in [3.05, 3.63) is 24.0 Å². The highest BCUT2D eigenvalue weighted by molar-refractivity contribution is 6.17. The zero-order valence-corrected chi connectivity index (χ0v) is 12.2. The van der Waals surface area contributed by atoms with Crippen LogP contribution in [-0.2, 0) is 13.0 Å². The van der Waals surface area contributed by atoms with Crippen molar-refractivity contribution in [1.29, 1.82) is 0 Å². The van der Waals surface area contributed by atoms with E-state index in [9.17, 15) is 8.78 Å². The average Bonchev–Trinajstić information content (AvgIpc) is 2.68. The summed E-state index contributed by atoms with van der Waals surface area (Å²) in [5.41, 5.74) is 1.27. The molecule has 0 N–H and O–H groups in total. The molecular formula is C14H17ClF2N2O. The van der Waals surface area contributed by atoms with Crippen LogP contribution < -0.4 is 4.74 Å². The minimum absolute atomic E-state index is 0.00248. The number of fused-ring (bicyclic) bond motifs is 1. The number of nitrogens with zero attached hydrogens (tertiary/aromatic N) is 2. The Hall–Kier alpha value is -1.36. The van der Waals surface area contributed by atoms with Crippen LogP contribution in [0, 0.1) is 0 Å². The van der Waals surface area contributed by atoms with Crippen molar-refractivity contribution < 1.29 is 13.5 Å². The molecule has 1 heterocycles. The smallest absolute Gasteiger partial charge is 0.256 e. The van der Waals surface area contributed by atoms with Gasteiger partial charge in [0.05, 0.1) is 18.2 Å². The second kappa shape index (κ2) is 6.39. The first-order valence-corrected chi connectivity index (χ1v) is 7.05. The molecule has 0 bridgehead atoms.